The molecule has 4 rings (SSSR count). The molecule has 10 heteroatoms. The lowest BCUT2D eigenvalue weighted by Crippen LogP contribution is -2.36. The fraction of sp³-hybridized carbons (Fsp3) is 0.250. The maximum Gasteiger partial charge on any atom is 0.266 e. The molecule has 1 aliphatic rings. The van der Waals surface area contributed by atoms with Gasteiger partial charge in [0.25, 0.3) is 5.56 Å². The lowest BCUT2D eigenvalue weighted by molar-refractivity contribution is -0.119. The fourth-order valence-electron chi connectivity index (χ4n) is 3.34. The van der Waals surface area contributed by atoms with Crippen molar-refractivity contribution in [2.75, 3.05) is 17.3 Å². The van der Waals surface area contributed by atoms with Crippen molar-refractivity contribution in [2.45, 2.75) is 17.6 Å². The minimum atomic E-state index is -3.09. The maximum absolute atomic E-state index is 13.4. The van der Waals surface area contributed by atoms with Crippen LogP contribution in [-0.4, -0.2) is 47.2 Å². The highest BCUT2D eigenvalue weighted by atomic mass is 32.2. The SMILES string of the molecule is O=C(CSc1nc2ccccc2c(=O)n1-c1ccc(F)cc1)N[C@H]1CCS(=O)(=O)C1. The second-order valence-electron chi connectivity index (χ2n) is 6.98. The van der Waals surface area contributed by atoms with Crippen LogP contribution in [0.25, 0.3) is 16.6 Å². The summed E-state index contributed by atoms with van der Waals surface area (Å²) in [5.41, 5.74) is 0.604. The zero-order chi connectivity index (χ0) is 21.3. The van der Waals surface area contributed by atoms with Crippen LogP contribution in [0.4, 0.5) is 4.39 Å². The number of para-hydroxylation sites is 1. The van der Waals surface area contributed by atoms with Crippen molar-refractivity contribution >= 4 is 38.4 Å². The number of fused-ring (bicyclic) bond motifs is 1. The van der Waals surface area contributed by atoms with Crippen molar-refractivity contribution in [3.05, 3.63) is 64.7 Å². The molecule has 3 aromatic rings. The van der Waals surface area contributed by atoms with Crippen LogP contribution in [0.15, 0.2) is 58.5 Å². The summed E-state index contributed by atoms with van der Waals surface area (Å²) < 4.78 is 37.8. The van der Waals surface area contributed by atoms with Crippen LogP contribution < -0.4 is 10.9 Å². The van der Waals surface area contributed by atoms with Crippen molar-refractivity contribution in [2.24, 2.45) is 0 Å². The standard InChI is InChI=1S/C20H18FN3O4S2/c21-13-5-7-15(8-6-13)24-19(26)16-3-1-2-4-17(16)23-20(24)29-11-18(25)22-14-9-10-30(27,28)12-14/h1-8,14H,9-12H2,(H,22,25)/t14-/m0/s1. The van der Waals surface area contributed by atoms with Crippen LogP contribution in [-0.2, 0) is 14.6 Å². The highest BCUT2D eigenvalue weighted by molar-refractivity contribution is 7.99. The number of aromatic nitrogens is 2. The van der Waals surface area contributed by atoms with Gasteiger partial charge in [0.15, 0.2) is 15.0 Å². The predicted octanol–water partition coefficient (Wildman–Crippen LogP) is 1.92. The molecule has 0 bridgehead atoms. The first-order chi connectivity index (χ1) is 14.3. The molecule has 1 fully saturated rings. The maximum atomic E-state index is 13.4. The lowest BCUT2D eigenvalue weighted by atomic mass is 10.2. The summed E-state index contributed by atoms with van der Waals surface area (Å²) in [6.07, 6.45) is 0.396. The average molecular weight is 448 g/mol. The number of carbonyl (C=O) groups excluding carboxylic acids is 1. The summed E-state index contributed by atoms with van der Waals surface area (Å²) >= 11 is 1.06. The Morgan fingerprint density at radius 2 is 1.93 bits per heavy atom. The molecule has 7 nitrogen and oxygen atoms in total. The molecule has 30 heavy (non-hydrogen) atoms. The quantitative estimate of drug-likeness (QED) is 0.474. The molecule has 0 saturated carbocycles. The van der Waals surface area contributed by atoms with Gasteiger partial charge in [-0.25, -0.2) is 17.8 Å². The zero-order valence-corrected chi connectivity index (χ0v) is 17.4. The number of halogens is 1. The number of benzene rings is 2. The van der Waals surface area contributed by atoms with Gasteiger partial charge in [-0.15, -0.1) is 0 Å². The molecule has 1 saturated heterocycles. The molecule has 1 atom stereocenters. The molecule has 0 spiro atoms. The summed E-state index contributed by atoms with van der Waals surface area (Å²) in [5.74, 6) is -0.794. The van der Waals surface area contributed by atoms with Crippen LogP contribution >= 0.6 is 11.8 Å². The summed E-state index contributed by atoms with van der Waals surface area (Å²) in [6, 6.07) is 11.9. The smallest absolute Gasteiger partial charge is 0.266 e. The fourth-order valence-corrected chi connectivity index (χ4v) is 5.83. The molecule has 2 aromatic carbocycles. The Balaban J connectivity index is 1.62. The van der Waals surface area contributed by atoms with Crippen molar-refractivity contribution < 1.29 is 17.6 Å². The van der Waals surface area contributed by atoms with E-state index in [0.717, 1.165) is 11.8 Å². The first kappa shape index (κ1) is 20.5. The zero-order valence-electron chi connectivity index (χ0n) is 15.7. The number of rotatable bonds is 5. The van der Waals surface area contributed by atoms with Gasteiger partial charge in [0.05, 0.1) is 33.8 Å². The van der Waals surface area contributed by atoms with Gasteiger partial charge < -0.3 is 5.32 Å². The molecule has 2 heterocycles. The van der Waals surface area contributed by atoms with Crippen LogP contribution in [0.5, 0.6) is 0 Å². The van der Waals surface area contributed by atoms with Gasteiger partial charge >= 0.3 is 0 Å². The Hall–Kier alpha value is -2.72. The number of nitrogens with one attached hydrogen (secondary N) is 1. The van der Waals surface area contributed by atoms with Crippen LogP contribution in [0.3, 0.4) is 0 Å². The highest BCUT2D eigenvalue weighted by Crippen LogP contribution is 2.22. The van der Waals surface area contributed by atoms with E-state index in [4.69, 9.17) is 0 Å². The Bertz CT molecular complexity index is 1270. The molecule has 0 unspecified atom stereocenters. The summed E-state index contributed by atoms with van der Waals surface area (Å²) in [4.78, 5) is 29.9. The first-order valence-electron chi connectivity index (χ1n) is 9.23. The summed E-state index contributed by atoms with van der Waals surface area (Å²) in [7, 11) is -3.09. The van der Waals surface area contributed by atoms with E-state index in [-0.39, 0.29) is 28.7 Å². The third kappa shape index (κ3) is 4.39. The number of carbonyl (C=O) groups is 1. The topological polar surface area (TPSA) is 98.1 Å². The van der Waals surface area contributed by atoms with Crippen molar-refractivity contribution in [3.8, 4) is 5.69 Å². The molecule has 1 aromatic heterocycles. The molecule has 1 amide bonds. The minimum absolute atomic E-state index is 0.0392. The monoisotopic (exact) mass is 447 g/mol. The van der Waals surface area contributed by atoms with Gasteiger partial charge in [-0.05, 0) is 42.8 Å². The number of sulfone groups is 1. The Morgan fingerprint density at radius 3 is 2.63 bits per heavy atom. The summed E-state index contributed by atoms with van der Waals surface area (Å²) in [6.45, 7) is 0. The van der Waals surface area contributed by atoms with E-state index in [0.29, 0.717) is 28.2 Å². The minimum Gasteiger partial charge on any atom is -0.352 e. The molecular formula is C20H18FN3O4S2. The van der Waals surface area contributed by atoms with Crippen LogP contribution in [0.1, 0.15) is 6.42 Å². The Morgan fingerprint density at radius 1 is 1.20 bits per heavy atom. The van der Waals surface area contributed by atoms with E-state index in [1.165, 1.54) is 28.8 Å². The largest absolute Gasteiger partial charge is 0.352 e. The average Bonchev–Trinajstić information content (AvgIpc) is 3.05. The van der Waals surface area contributed by atoms with Crippen LogP contribution in [0, 0.1) is 5.82 Å². The van der Waals surface area contributed by atoms with E-state index >= 15 is 0 Å². The normalized spacial score (nSPS) is 17.8. The molecule has 0 aliphatic carbocycles. The third-order valence-corrected chi connectivity index (χ3v) is 7.47. The van der Waals surface area contributed by atoms with Gasteiger partial charge in [-0.1, -0.05) is 23.9 Å². The van der Waals surface area contributed by atoms with E-state index in [1.54, 1.807) is 24.3 Å². The van der Waals surface area contributed by atoms with Gasteiger partial charge in [0.1, 0.15) is 5.82 Å². The van der Waals surface area contributed by atoms with E-state index in [2.05, 4.69) is 10.3 Å². The highest BCUT2D eigenvalue weighted by Gasteiger charge is 2.29. The second-order valence-corrected chi connectivity index (χ2v) is 10.2. The number of amides is 1. The number of thioether (sulfide) groups is 1. The number of nitrogens with zero attached hydrogens (tertiary/aromatic N) is 2. The number of hydrogen-bond donors (Lipinski definition) is 1. The Labute approximate surface area is 176 Å². The first-order valence-corrected chi connectivity index (χ1v) is 12.0. The molecule has 1 N–H and O–H groups in total. The molecule has 1 aliphatic heterocycles. The predicted molar refractivity (Wildman–Crippen MR) is 113 cm³/mol. The van der Waals surface area contributed by atoms with Gasteiger partial charge in [-0.2, -0.15) is 0 Å². The van der Waals surface area contributed by atoms with Crippen molar-refractivity contribution in [3.63, 3.8) is 0 Å². The van der Waals surface area contributed by atoms with Crippen LogP contribution in [0.2, 0.25) is 0 Å². The second kappa shape index (κ2) is 8.19. The number of hydrogen-bond acceptors (Lipinski definition) is 6. The molecular weight excluding hydrogens is 429 g/mol. The van der Waals surface area contributed by atoms with Crippen molar-refractivity contribution in [1.82, 2.24) is 14.9 Å². The van der Waals surface area contributed by atoms with Crippen molar-refractivity contribution in [1.29, 1.82) is 0 Å². The van der Waals surface area contributed by atoms with Gasteiger partial charge in [0, 0.05) is 6.04 Å². The van der Waals surface area contributed by atoms with E-state index in [9.17, 15) is 22.4 Å². The third-order valence-electron chi connectivity index (χ3n) is 4.76. The molecule has 0 radical (unpaired) electrons. The summed E-state index contributed by atoms with van der Waals surface area (Å²) in [5, 5.41) is 3.42. The van der Waals surface area contributed by atoms with Gasteiger partial charge in [-0.3, -0.25) is 14.2 Å². The lowest BCUT2D eigenvalue weighted by Gasteiger charge is -2.14. The van der Waals surface area contributed by atoms with E-state index < -0.39 is 21.7 Å². The molecule has 156 valence electrons. The van der Waals surface area contributed by atoms with E-state index in [1.807, 2.05) is 0 Å². The Kier molecular flexibility index (Phi) is 5.61. The van der Waals surface area contributed by atoms with Gasteiger partial charge in [0.2, 0.25) is 5.91 Å².